The number of hydrogen-bond acceptors (Lipinski definition) is 4. The lowest BCUT2D eigenvalue weighted by Gasteiger charge is -2.12. The van der Waals surface area contributed by atoms with Crippen molar-refractivity contribution < 1.29 is 9.84 Å². The van der Waals surface area contributed by atoms with Crippen LogP contribution < -0.4 is 4.74 Å². The lowest BCUT2D eigenvalue weighted by Crippen LogP contribution is -2.00. The van der Waals surface area contributed by atoms with Crippen LogP contribution in [-0.4, -0.2) is 27.2 Å². The minimum atomic E-state index is -0.0975. The third kappa shape index (κ3) is 1.65. The molecule has 0 aliphatic rings. The molecule has 0 aliphatic carbocycles. The van der Waals surface area contributed by atoms with E-state index in [9.17, 15) is 5.11 Å². The summed E-state index contributed by atoms with van der Waals surface area (Å²) in [5.41, 5.74) is 2.23. The number of aromatic amines is 1. The van der Waals surface area contributed by atoms with Gasteiger partial charge in [0.05, 0.1) is 25.0 Å². The van der Waals surface area contributed by atoms with Crippen LogP contribution in [0, 0.1) is 6.92 Å². The zero-order valence-corrected chi connectivity index (χ0v) is 9.19. The quantitative estimate of drug-likeness (QED) is 0.815. The van der Waals surface area contributed by atoms with Gasteiger partial charge in [-0.25, -0.2) is 4.98 Å². The lowest BCUT2D eigenvalue weighted by molar-refractivity contribution is 0.281. The molecule has 84 valence electrons. The summed E-state index contributed by atoms with van der Waals surface area (Å²) in [5, 5.41) is 9.29. The molecule has 5 heteroatoms. The number of imidazole rings is 1. The van der Waals surface area contributed by atoms with Crippen molar-refractivity contribution in [1.29, 1.82) is 0 Å². The number of aliphatic hydroxyl groups is 1. The molecule has 0 spiro atoms. The van der Waals surface area contributed by atoms with Crippen molar-refractivity contribution in [3.8, 4) is 17.1 Å². The van der Waals surface area contributed by atoms with Crippen LogP contribution in [0.3, 0.4) is 0 Å². The molecular formula is C11H13N3O2. The SMILES string of the molecule is COc1c(C)ncc(CO)c1-c1ncc[nH]1. The number of H-pyrrole nitrogens is 1. The van der Waals surface area contributed by atoms with Crippen LogP contribution in [0.5, 0.6) is 5.75 Å². The molecule has 2 aromatic rings. The number of pyridine rings is 1. The minimum absolute atomic E-state index is 0.0975. The first-order valence-corrected chi connectivity index (χ1v) is 4.91. The predicted octanol–water partition coefficient (Wildman–Crippen LogP) is 1.28. The van der Waals surface area contributed by atoms with Gasteiger partial charge in [-0.2, -0.15) is 0 Å². The van der Waals surface area contributed by atoms with E-state index in [0.29, 0.717) is 17.1 Å². The fourth-order valence-electron chi connectivity index (χ4n) is 1.66. The van der Waals surface area contributed by atoms with Crippen molar-refractivity contribution >= 4 is 0 Å². The highest BCUT2D eigenvalue weighted by atomic mass is 16.5. The maximum Gasteiger partial charge on any atom is 0.151 e. The zero-order valence-electron chi connectivity index (χ0n) is 9.19. The van der Waals surface area contributed by atoms with Gasteiger partial charge in [0.15, 0.2) is 5.75 Å². The molecule has 0 aromatic carbocycles. The average molecular weight is 219 g/mol. The molecule has 0 unspecified atom stereocenters. The van der Waals surface area contributed by atoms with Crippen molar-refractivity contribution in [2.24, 2.45) is 0 Å². The van der Waals surface area contributed by atoms with Crippen molar-refractivity contribution in [2.45, 2.75) is 13.5 Å². The van der Waals surface area contributed by atoms with Gasteiger partial charge in [-0.15, -0.1) is 0 Å². The van der Waals surface area contributed by atoms with Gasteiger partial charge in [0.2, 0.25) is 0 Å². The van der Waals surface area contributed by atoms with Crippen molar-refractivity contribution in [3.63, 3.8) is 0 Å². The normalized spacial score (nSPS) is 10.4. The van der Waals surface area contributed by atoms with E-state index in [0.717, 1.165) is 11.3 Å². The van der Waals surface area contributed by atoms with Crippen LogP contribution in [0.25, 0.3) is 11.4 Å². The Hall–Kier alpha value is -1.88. The van der Waals surface area contributed by atoms with Crippen LogP contribution in [0.2, 0.25) is 0 Å². The van der Waals surface area contributed by atoms with Gasteiger partial charge >= 0.3 is 0 Å². The van der Waals surface area contributed by atoms with Crippen LogP contribution in [0.15, 0.2) is 18.6 Å². The molecule has 2 N–H and O–H groups in total. The predicted molar refractivity (Wildman–Crippen MR) is 59.0 cm³/mol. The number of nitrogens with one attached hydrogen (secondary N) is 1. The Morgan fingerprint density at radius 3 is 2.81 bits per heavy atom. The first-order valence-electron chi connectivity index (χ1n) is 4.91. The lowest BCUT2D eigenvalue weighted by atomic mass is 10.1. The first-order chi connectivity index (χ1) is 7.77. The summed E-state index contributed by atoms with van der Waals surface area (Å²) >= 11 is 0. The van der Waals surface area contributed by atoms with Crippen LogP contribution in [0.4, 0.5) is 0 Å². The highest BCUT2D eigenvalue weighted by Crippen LogP contribution is 2.32. The maximum atomic E-state index is 9.29. The van der Waals surface area contributed by atoms with Gasteiger partial charge in [-0.1, -0.05) is 0 Å². The van der Waals surface area contributed by atoms with Gasteiger partial charge in [0.1, 0.15) is 5.82 Å². The summed E-state index contributed by atoms with van der Waals surface area (Å²) in [6.45, 7) is 1.76. The molecule has 0 radical (unpaired) electrons. The summed E-state index contributed by atoms with van der Waals surface area (Å²) in [4.78, 5) is 11.3. The summed E-state index contributed by atoms with van der Waals surface area (Å²) in [5.74, 6) is 1.31. The van der Waals surface area contributed by atoms with E-state index in [1.807, 2.05) is 6.92 Å². The molecule has 5 nitrogen and oxygen atoms in total. The second-order valence-corrected chi connectivity index (χ2v) is 3.37. The number of rotatable bonds is 3. The number of aromatic nitrogens is 3. The van der Waals surface area contributed by atoms with E-state index in [2.05, 4.69) is 15.0 Å². The van der Waals surface area contributed by atoms with Gasteiger partial charge < -0.3 is 14.8 Å². The highest BCUT2D eigenvalue weighted by Gasteiger charge is 2.16. The number of aryl methyl sites for hydroxylation is 1. The van der Waals surface area contributed by atoms with E-state index in [1.165, 1.54) is 0 Å². The number of aliphatic hydroxyl groups excluding tert-OH is 1. The van der Waals surface area contributed by atoms with E-state index in [-0.39, 0.29) is 6.61 Å². The third-order valence-corrected chi connectivity index (χ3v) is 2.40. The van der Waals surface area contributed by atoms with E-state index in [1.54, 1.807) is 25.7 Å². The number of ether oxygens (including phenoxy) is 1. The number of nitrogens with zero attached hydrogens (tertiary/aromatic N) is 2. The fraction of sp³-hybridized carbons (Fsp3) is 0.273. The van der Waals surface area contributed by atoms with E-state index in [4.69, 9.17) is 4.74 Å². The highest BCUT2D eigenvalue weighted by molar-refractivity contribution is 5.69. The molecule has 2 aromatic heterocycles. The Balaban J connectivity index is 2.68. The second-order valence-electron chi connectivity index (χ2n) is 3.37. The maximum absolute atomic E-state index is 9.29. The molecule has 16 heavy (non-hydrogen) atoms. The standard InChI is InChI=1S/C11H13N3O2/c1-7-10(16-2)9(8(6-15)5-14-7)11-12-3-4-13-11/h3-5,15H,6H2,1-2H3,(H,12,13). The Kier molecular flexibility index (Phi) is 2.87. The van der Waals surface area contributed by atoms with E-state index < -0.39 is 0 Å². The molecule has 0 fully saturated rings. The molecule has 0 atom stereocenters. The largest absolute Gasteiger partial charge is 0.494 e. The van der Waals surface area contributed by atoms with Crippen LogP contribution in [-0.2, 0) is 6.61 Å². The van der Waals surface area contributed by atoms with Crippen molar-refractivity contribution in [3.05, 3.63) is 29.8 Å². The Morgan fingerprint density at radius 2 is 2.25 bits per heavy atom. The molecular weight excluding hydrogens is 206 g/mol. The molecule has 0 amide bonds. The number of hydrogen-bond donors (Lipinski definition) is 2. The first kappa shape index (κ1) is 10.6. The molecule has 2 rings (SSSR count). The van der Waals surface area contributed by atoms with Crippen LogP contribution >= 0.6 is 0 Å². The average Bonchev–Trinajstić information content (AvgIpc) is 2.81. The van der Waals surface area contributed by atoms with Crippen molar-refractivity contribution in [1.82, 2.24) is 15.0 Å². The Bertz CT molecular complexity index is 480. The summed E-state index contributed by atoms with van der Waals surface area (Å²) in [6.07, 6.45) is 5.02. The van der Waals surface area contributed by atoms with Crippen molar-refractivity contribution in [2.75, 3.05) is 7.11 Å². The van der Waals surface area contributed by atoms with Gasteiger partial charge in [-0.05, 0) is 6.92 Å². The van der Waals surface area contributed by atoms with Gasteiger partial charge in [-0.3, -0.25) is 4.98 Å². The molecule has 0 bridgehead atoms. The molecule has 2 heterocycles. The van der Waals surface area contributed by atoms with Gasteiger partial charge in [0.25, 0.3) is 0 Å². The fourth-order valence-corrected chi connectivity index (χ4v) is 1.66. The Labute approximate surface area is 93.1 Å². The topological polar surface area (TPSA) is 71.0 Å². The van der Waals surface area contributed by atoms with Crippen LogP contribution in [0.1, 0.15) is 11.3 Å². The zero-order chi connectivity index (χ0) is 11.5. The Morgan fingerprint density at radius 1 is 1.44 bits per heavy atom. The second kappa shape index (κ2) is 4.32. The molecule has 0 saturated carbocycles. The summed E-state index contributed by atoms with van der Waals surface area (Å²) in [6, 6.07) is 0. The molecule has 0 saturated heterocycles. The van der Waals surface area contributed by atoms with E-state index >= 15 is 0 Å². The minimum Gasteiger partial charge on any atom is -0.494 e. The smallest absolute Gasteiger partial charge is 0.151 e. The summed E-state index contributed by atoms with van der Waals surface area (Å²) < 4.78 is 5.31. The number of methoxy groups -OCH3 is 1. The molecule has 0 aliphatic heterocycles. The van der Waals surface area contributed by atoms with Gasteiger partial charge in [0, 0.05) is 24.2 Å². The summed E-state index contributed by atoms with van der Waals surface area (Å²) in [7, 11) is 1.58. The third-order valence-electron chi connectivity index (χ3n) is 2.40. The monoisotopic (exact) mass is 219 g/mol.